The summed E-state index contributed by atoms with van der Waals surface area (Å²) in [5, 5.41) is 18.0. The van der Waals surface area contributed by atoms with Crippen LogP contribution in [0.2, 0.25) is 0 Å². The summed E-state index contributed by atoms with van der Waals surface area (Å²) in [6.07, 6.45) is 3.24. The Bertz CT molecular complexity index is 1160. The molecule has 0 spiro atoms. The van der Waals surface area contributed by atoms with E-state index in [4.69, 9.17) is 15.9 Å². The topological polar surface area (TPSA) is 101 Å². The zero-order valence-electron chi connectivity index (χ0n) is 17.5. The molecule has 1 saturated heterocycles. The highest BCUT2D eigenvalue weighted by molar-refractivity contribution is 5.98. The van der Waals surface area contributed by atoms with Gasteiger partial charge in [-0.1, -0.05) is 0 Å². The number of hydrogen-bond donors (Lipinski definition) is 3. The van der Waals surface area contributed by atoms with Gasteiger partial charge in [0.25, 0.3) is 0 Å². The van der Waals surface area contributed by atoms with Gasteiger partial charge in [-0.15, -0.1) is 0 Å². The number of carboxylic acids is 1. The first kappa shape index (κ1) is 21.1. The van der Waals surface area contributed by atoms with Crippen molar-refractivity contribution in [1.82, 2.24) is 4.57 Å². The van der Waals surface area contributed by atoms with Crippen molar-refractivity contribution in [3.05, 3.63) is 58.5 Å². The first-order chi connectivity index (χ1) is 14.9. The van der Waals surface area contributed by atoms with Crippen LogP contribution in [0.25, 0.3) is 16.6 Å². The Kier molecular flexibility index (Phi) is 5.78. The van der Waals surface area contributed by atoms with Crippen LogP contribution >= 0.6 is 0 Å². The summed E-state index contributed by atoms with van der Waals surface area (Å²) in [5.41, 5.74) is 11.4. The van der Waals surface area contributed by atoms with Crippen LogP contribution in [-0.4, -0.2) is 35.1 Å². The SMILES string of the molecule is Cc1cc(-n2c(C3CCOCC3)c(CCC(=O)O)c3cc(N)c(C=N)cc32)ccc1F. The van der Waals surface area contributed by atoms with E-state index in [2.05, 4.69) is 4.57 Å². The number of aliphatic carboxylic acids is 1. The number of fused-ring (bicyclic) bond motifs is 1. The number of anilines is 1. The van der Waals surface area contributed by atoms with Crippen LogP contribution < -0.4 is 5.73 Å². The summed E-state index contributed by atoms with van der Waals surface area (Å²) in [7, 11) is 0. The second-order valence-electron chi connectivity index (χ2n) is 8.06. The number of nitrogen functional groups attached to an aromatic ring is 1. The second-order valence-corrected chi connectivity index (χ2v) is 8.06. The van der Waals surface area contributed by atoms with Crippen LogP contribution in [0.4, 0.5) is 10.1 Å². The Balaban J connectivity index is 2.06. The number of nitrogens with one attached hydrogen (secondary N) is 1. The lowest BCUT2D eigenvalue weighted by Gasteiger charge is -2.26. The van der Waals surface area contributed by atoms with Crippen molar-refractivity contribution in [2.24, 2.45) is 0 Å². The number of hydrogen-bond acceptors (Lipinski definition) is 4. The van der Waals surface area contributed by atoms with Crippen LogP contribution in [0, 0.1) is 18.2 Å². The molecule has 0 bridgehead atoms. The minimum absolute atomic E-state index is 0.00397. The summed E-state index contributed by atoms with van der Waals surface area (Å²) in [6, 6.07) is 8.70. The van der Waals surface area contributed by atoms with Crippen LogP contribution in [0.3, 0.4) is 0 Å². The molecule has 0 radical (unpaired) electrons. The number of ether oxygens (including phenoxy) is 1. The molecule has 4 rings (SSSR count). The number of rotatable bonds is 6. The van der Waals surface area contributed by atoms with Gasteiger partial charge in [-0.3, -0.25) is 4.79 Å². The molecule has 1 aromatic heterocycles. The molecule has 7 heteroatoms. The van der Waals surface area contributed by atoms with E-state index in [1.54, 1.807) is 19.1 Å². The van der Waals surface area contributed by atoms with Crippen molar-refractivity contribution in [1.29, 1.82) is 5.41 Å². The Morgan fingerprint density at radius 1 is 1.32 bits per heavy atom. The standard InChI is InChI=1S/C24H26FN3O3/c1-14-10-17(2-4-20(14)25)28-22-11-16(13-26)21(27)12-19(22)18(3-5-23(29)30)24(28)15-6-8-31-9-7-15/h2,4,10-13,15,26H,3,5-9,27H2,1H3,(H,29,30). The van der Waals surface area contributed by atoms with Gasteiger partial charge in [0.2, 0.25) is 0 Å². The molecule has 6 nitrogen and oxygen atoms in total. The van der Waals surface area contributed by atoms with Gasteiger partial charge in [0, 0.05) is 59.8 Å². The molecule has 4 N–H and O–H groups in total. The number of benzene rings is 2. The molecule has 0 atom stereocenters. The molecule has 0 amide bonds. The summed E-state index contributed by atoms with van der Waals surface area (Å²) >= 11 is 0. The van der Waals surface area contributed by atoms with Gasteiger partial charge in [-0.25, -0.2) is 4.39 Å². The summed E-state index contributed by atoms with van der Waals surface area (Å²) in [5.74, 6) is -0.955. The highest BCUT2D eigenvalue weighted by Crippen LogP contribution is 2.40. The smallest absolute Gasteiger partial charge is 0.303 e. The quantitative estimate of drug-likeness (QED) is 0.399. The van der Waals surface area contributed by atoms with E-state index < -0.39 is 5.97 Å². The third kappa shape index (κ3) is 3.93. The van der Waals surface area contributed by atoms with E-state index in [-0.39, 0.29) is 18.2 Å². The lowest BCUT2D eigenvalue weighted by molar-refractivity contribution is -0.136. The average molecular weight is 423 g/mol. The zero-order chi connectivity index (χ0) is 22.1. The third-order valence-electron chi connectivity index (χ3n) is 6.07. The van der Waals surface area contributed by atoms with Gasteiger partial charge in [0.1, 0.15) is 5.82 Å². The number of aromatic nitrogens is 1. The minimum Gasteiger partial charge on any atom is -0.481 e. The van der Waals surface area contributed by atoms with Gasteiger partial charge in [0.05, 0.1) is 5.52 Å². The summed E-state index contributed by atoms with van der Waals surface area (Å²) in [6.45, 7) is 3.01. The zero-order valence-corrected chi connectivity index (χ0v) is 17.5. The largest absolute Gasteiger partial charge is 0.481 e. The van der Waals surface area contributed by atoms with Crippen LogP contribution in [-0.2, 0) is 16.0 Å². The number of nitrogens with zero attached hydrogens (tertiary/aromatic N) is 1. The monoisotopic (exact) mass is 423 g/mol. The number of aryl methyl sites for hydroxylation is 2. The average Bonchev–Trinajstić information content (AvgIpc) is 3.07. The first-order valence-electron chi connectivity index (χ1n) is 10.4. The lowest BCUT2D eigenvalue weighted by atomic mass is 9.91. The molecule has 2 aromatic carbocycles. The maximum Gasteiger partial charge on any atom is 0.303 e. The van der Waals surface area contributed by atoms with E-state index in [0.717, 1.165) is 40.7 Å². The van der Waals surface area contributed by atoms with Gasteiger partial charge in [0.15, 0.2) is 0 Å². The molecule has 0 saturated carbocycles. The Labute approximate surface area is 179 Å². The molecule has 3 aromatic rings. The Morgan fingerprint density at radius 3 is 2.71 bits per heavy atom. The third-order valence-corrected chi connectivity index (χ3v) is 6.07. The fourth-order valence-electron chi connectivity index (χ4n) is 4.52. The molecular weight excluding hydrogens is 397 g/mol. The molecule has 1 aliphatic rings. The van der Waals surface area contributed by atoms with Gasteiger partial charge < -0.3 is 25.6 Å². The van der Waals surface area contributed by atoms with Crippen molar-refractivity contribution in [3.8, 4) is 5.69 Å². The van der Waals surface area contributed by atoms with E-state index in [0.29, 0.717) is 36.4 Å². The van der Waals surface area contributed by atoms with Crippen LogP contribution in [0.5, 0.6) is 0 Å². The molecule has 0 unspecified atom stereocenters. The predicted octanol–water partition coefficient (Wildman–Crippen LogP) is 4.57. The molecule has 0 aliphatic carbocycles. The highest BCUT2D eigenvalue weighted by Gasteiger charge is 2.27. The van der Waals surface area contributed by atoms with E-state index in [9.17, 15) is 14.3 Å². The Morgan fingerprint density at radius 2 is 2.06 bits per heavy atom. The maximum absolute atomic E-state index is 14.0. The van der Waals surface area contributed by atoms with Crippen molar-refractivity contribution in [2.45, 2.75) is 38.5 Å². The summed E-state index contributed by atoms with van der Waals surface area (Å²) < 4.78 is 21.7. The molecule has 2 heterocycles. The molecular formula is C24H26FN3O3. The predicted molar refractivity (Wildman–Crippen MR) is 119 cm³/mol. The first-order valence-corrected chi connectivity index (χ1v) is 10.4. The van der Waals surface area contributed by atoms with Crippen molar-refractivity contribution in [3.63, 3.8) is 0 Å². The molecule has 1 fully saturated rings. The van der Waals surface area contributed by atoms with E-state index in [1.807, 2.05) is 12.1 Å². The van der Waals surface area contributed by atoms with Gasteiger partial charge in [-0.05, 0) is 67.6 Å². The number of nitrogens with two attached hydrogens (primary N) is 1. The molecule has 31 heavy (non-hydrogen) atoms. The maximum atomic E-state index is 14.0. The fourth-order valence-corrected chi connectivity index (χ4v) is 4.52. The minimum atomic E-state index is -0.861. The number of halogens is 1. The number of carboxylic acid groups (broad SMARTS) is 1. The lowest BCUT2D eigenvalue weighted by Crippen LogP contribution is -2.18. The van der Waals surface area contributed by atoms with Crippen LogP contribution in [0.1, 0.15) is 47.6 Å². The molecule has 162 valence electrons. The normalized spacial score (nSPS) is 14.8. The van der Waals surface area contributed by atoms with Crippen molar-refractivity contribution < 1.29 is 19.0 Å². The number of carbonyl (C=O) groups is 1. The van der Waals surface area contributed by atoms with Crippen molar-refractivity contribution in [2.75, 3.05) is 18.9 Å². The van der Waals surface area contributed by atoms with Crippen LogP contribution in [0.15, 0.2) is 30.3 Å². The summed E-state index contributed by atoms with van der Waals surface area (Å²) in [4.78, 5) is 11.4. The van der Waals surface area contributed by atoms with Gasteiger partial charge >= 0.3 is 5.97 Å². The fraction of sp³-hybridized carbons (Fsp3) is 0.333. The highest BCUT2D eigenvalue weighted by atomic mass is 19.1. The second kappa shape index (κ2) is 8.51. The van der Waals surface area contributed by atoms with E-state index in [1.165, 1.54) is 12.3 Å². The molecule has 1 aliphatic heterocycles. The Hall–Kier alpha value is -3.19. The van der Waals surface area contributed by atoms with Gasteiger partial charge in [-0.2, -0.15) is 0 Å². The van der Waals surface area contributed by atoms with Crippen molar-refractivity contribution >= 4 is 28.8 Å². The van der Waals surface area contributed by atoms with E-state index >= 15 is 0 Å².